The van der Waals surface area contributed by atoms with Crippen LogP contribution in [-0.2, 0) is 30.2 Å². The zero-order valence-corrected chi connectivity index (χ0v) is 19.1. The highest BCUT2D eigenvalue weighted by Gasteiger charge is 2.31. The third kappa shape index (κ3) is 3.92. The molecule has 32 heavy (non-hydrogen) atoms. The van der Waals surface area contributed by atoms with Gasteiger partial charge in [0.25, 0.3) is 5.56 Å². The smallest absolute Gasteiger partial charge is 0.332 e. The van der Waals surface area contributed by atoms with Crippen molar-refractivity contribution in [2.24, 2.45) is 20.0 Å². The van der Waals surface area contributed by atoms with Crippen LogP contribution in [0.2, 0.25) is 5.02 Å². The molecule has 0 amide bonds. The lowest BCUT2D eigenvalue weighted by molar-refractivity contribution is -0.148. The maximum Gasteiger partial charge on any atom is 0.332 e. The second-order valence-corrected chi connectivity index (χ2v) is 8.48. The van der Waals surface area contributed by atoms with E-state index in [9.17, 15) is 14.4 Å². The third-order valence-corrected chi connectivity index (χ3v) is 6.16. The highest BCUT2D eigenvalue weighted by molar-refractivity contribution is 6.30. The second-order valence-electron chi connectivity index (χ2n) is 8.04. The minimum absolute atomic E-state index is 0.221. The molecule has 0 unspecified atom stereocenters. The van der Waals surface area contributed by atoms with Crippen molar-refractivity contribution < 1.29 is 9.53 Å². The second kappa shape index (κ2) is 8.82. The van der Waals surface area contributed by atoms with Crippen LogP contribution in [0.1, 0.15) is 25.3 Å². The number of ether oxygens (including phenoxy) is 1. The van der Waals surface area contributed by atoms with Gasteiger partial charge in [0, 0.05) is 32.2 Å². The van der Waals surface area contributed by atoms with Gasteiger partial charge in [-0.05, 0) is 37.5 Å². The Hall–Kier alpha value is -3.07. The van der Waals surface area contributed by atoms with E-state index in [-0.39, 0.29) is 11.9 Å². The number of esters is 1. The number of aromatic nitrogens is 4. The Labute approximate surface area is 189 Å². The van der Waals surface area contributed by atoms with Crippen LogP contribution in [0.5, 0.6) is 0 Å². The van der Waals surface area contributed by atoms with Crippen molar-refractivity contribution in [1.29, 1.82) is 0 Å². The highest BCUT2D eigenvalue weighted by Crippen LogP contribution is 2.27. The number of aryl methyl sites for hydroxylation is 1. The number of carbonyl (C=O) groups is 1. The van der Waals surface area contributed by atoms with Gasteiger partial charge in [0.05, 0.1) is 19.1 Å². The largest absolute Gasteiger partial charge is 0.466 e. The Morgan fingerprint density at radius 2 is 1.91 bits per heavy atom. The van der Waals surface area contributed by atoms with Gasteiger partial charge in [-0.25, -0.2) is 4.79 Å². The van der Waals surface area contributed by atoms with Gasteiger partial charge in [-0.3, -0.25) is 23.3 Å². The number of imidazole rings is 1. The minimum atomic E-state index is -0.437. The Kier molecular flexibility index (Phi) is 6.10. The van der Waals surface area contributed by atoms with Crippen molar-refractivity contribution in [1.82, 2.24) is 18.7 Å². The Bertz CT molecular complexity index is 1270. The van der Waals surface area contributed by atoms with E-state index in [1.807, 2.05) is 21.6 Å². The van der Waals surface area contributed by atoms with E-state index in [0.29, 0.717) is 48.4 Å². The van der Waals surface area contributed by atoms with Crippen LogP contribution in [0.3, 0.4) is 0 Å². The molecule has 1 aliphatic rings. The third-order valence-electron chi connectivity index (χ3n) is 5.91. The minimum Gasteiger partial charge on any atom is -0.466 e. The molecule has 0 bridgehead atoms. The number of nitrogens with zero attached hydrogens (tertiary/aromatic N) is 5. The van der Waals surface area contributed by atoms with Crippen molar-refractivity contribution in [3.05, 3.63) is 55.7 Å². The quantitative estimate of drug-likeness (QED) is 0.541. The summed E-state index contributed by atoms with van der Waals surface area (Å²) in [6.45, 7) is 3.63. The summed E-state index contributed by atoms with van der Waals surface area (Å²) in [6.07, 6.45) is 1.54. The molecule has 1 saturated heterocycles. The molecule has 3 aromatic rings. The highest BCUT2D eigenvalue weighted by atomic mass is 35.5. The van der Waals surface area contributed by atoms with Crippen molar-refractivity contribution in [3.63, 3.8) is 0 Å². The summed E-state index contributed by atoms with van der Waals surface area (Å²) in [4.78, 5) is 44.7. The number of carbonyl (C=O) groups excluding carboxylic acids is 1. The molecule has 0 spiro atoms. The van der Waals surface area contributed by atoms with Crippen LogP contribution in [0.4, 0.5) is 5.95 Å². The standard InChI is InChI=1S/C22H26ClN5O4/c1-4-32-20(30)15-6-5-11-27(13-15)21-24-18-17(19(29)26(3)22(31)25(18)2)28(21)12-14-7-9-16(23)10-8-14/h7-10,15H,4-6,11-13H2,1-3H3/t15-/m0/s1. The summed E-state index contributed by atoms with van der Waals surface area (Å²) >= 11 is 6.03. The molecule has 9 nitrogen and oxygen atoms in total. The fourth-order valence-corrected chi connectivity index (χ4v) is 4.34. The van der Waals surface area contributed by atoms with Crippen LogP contribution in [-0.4, -0.2) is 44.4 Å². The van der Waals surface area contributed by atoms with Crippen LogP contribution in [0.25, 0.3) is 11.2 Å². The zero-order chi connectivity index (χ0) is 23.0. The lowest BCUT2D eigenvalue weighted by Crippen LogP contribution is -2.41. The van der Waals surface area contributed by atoms with Crippen LogP contribution in [0.15, 0.2) is 33.9 Å². The van der Waals surface area contributed by atoms with Crippen LogP contribution in [0, 0.1) is 5.92 Å². The molecular weight excluding hydrogens is 434 g/mol. The monoisotopic (exact) mass is 459 g/mol. The summed E-state index contributed by atoms with van der Waals surface area (Å²) in [5.74, 6) is 0.0715. The van der Waals surface area contributed by atoms with Crippen LogP contribution >= 0.6 is 11.6 Å². The maximum absolute atomic E-state index is 13.1. The zero-order valence-electron chi connectivity index (χ0n) is 18.4. The first kappa shape index (κ1) is 22.1. The molecule has 4 rings (SSSR count). The molecule has 1 fully saturated rings. The predicted octanol–water partition coefficient (Wildman–Crippen LogP) is 1.91. The molecule has 1 aliphatic heterocycles. The van der Waals surface area contributed by atoms with E-state index >= 15 is 0 Å². The fraction of sp³-hybridized carbons (Fsp3) is 0.455. The number of rotatable bonds is 5. The number of hydrogen-bond donors (Lipinski definition) is 0. The number of fused-ring (bicyclic) bond motifs is 1. The molecule has 1 aromatic carbocycles. The molecule has 2 aromatic heterocycles. The molecule has 0 saturated carbocycles. The van der Waals surface area contributed by atoms with Gasteiger partial charge in [0.1, 0.15) is 0 Å². The van der Waals surface area contributed by atoms with E-state index in [2.05, 4.69) is 0 Å². The normalized spacial score (nSPS) is 16.5. The van der Waals surface area contributed by atoms with Gasteiger partial charge in [-0.2, -0.15) is 4.98 Å². The van der Waals surface area contributed by atoms with Crippen molar-refractivity contribution in [2.75, 3.05) is 24.6 Å². The van der Waals surface area contributed by atoms with Crippen molar-refractivity contribution in [3.8, 4) is 0 Å². The first-order valence-corrected chi connectivity index (χ1v) is 11.0. The summed E-state index contributed by atoms with van der Waals surface area (Å²) < 4.78 is 9.52. The van der Waals surface area contributed by atoms with Gasteiger partial charge in [0.15, 0.2) is 11.2 Å². The van der Waals surface area contributed by atoms with Crippen molar-refractivity contribution >= 4 is 34.7 Å². The number of halogens is 1. The molecular formula is C22H26ClN5O4. The van der Waals surface area contributed by atoms with Gasteiger partial charge in [-0.15, -0.1) is 0 Å². The van der Waals surface area contributed by atoms with Gasteiger partial charge in [0.2, 0.25) is 5.95 Å². The number of anilines is 1. The summed E-state index contributed by atoms with van der Waals surface area (Å²) in [7, 11) is 3.06. The van der Waals surface area contributed by atoms with Gasteiger partial charge in [-0.1, -0.05) is 23.7 Å². The summed E-state index contributed by atoms with van der Waals surface area (Å²) in [6, 6.07) is 7.37. The van der Waals surface area contributed by atoms with E-state index in [4.69, 9.17) is 21.3 Å². The number of hydrogen-bond acceptors (Lipinski definition) is 6. The average molecular weight is 460 g/mol. The van der Waals surface area contributed by atoms with Gasteiger partial charge < -0.3 is 9.64 Å². The number of piperidine rings is 1. The summed E-state index contributed by atoms with van der Waals surface area (Å²) in [5, 5.41) is 0.621. The van der Waals surface area contributed by atoms with Crippen molar-refractivity contribution in [2.45, 2.75) is 26.3 Å². The van der Waals surface area contributed by atoms with Crippen LogP contribution < -0.4 is 16.1 Å². The molecule has 1 atom stereocenters. The van der Waals surface area contributed by atoms with Gasteiger partial charge >= 0.3 is 11.7 Å². The fourth-order valence-electron chi connectivity index (χ4n) is 4.21. The molecule has 0 aliphatic carbocycles. The molecule has 170 valence electrons. The maximum atomic E-state index is 13.1. The molecule has 0 N–H and O–H groups in total. The topological polar surface area (TPSA) is 91.4 Å². The Morgan fingerprint density at radius 1 is 1.19 bits per heavy atom. The lowest BCUT2D eigenvalue weighted by atomic mass is 9.98. The predicted molar refractivity (Wildman–Crippen MR) is 122 cm³/mol. The van der Waals surface area contributed by atoms with E-state index in [0.717, 1.165) is 23.0 Å². The SMILES string of the molecule is CCOC(=O)[C@H]1CCCN(c2nc3c(c(=O)n(C)c(=O)n3C)n2Cc2ccc(Cl)cc2)C1. The van der Waals surface area contributed by atoms with E-state index in [1.54, 1.807) is 26.1 Å². The first-order chi connectivity index (χ1) is 15.3. The molecule has 0 radical (unpaired) electrons. The first-order valence-electron chi connectivity index (χ1n) is 10.6. The van der Waals surface area contributed by atoms with E-state index < -0.39 is 11.2 Å². The number of benzene rings is 1. The van der Waals surface area contributed by atoms with E-state index in [1.165, 1.54) is 11.6 Å². The average Bonchev–Trinajstić information content (AvgIpc) is 3.17. The molecule has 10 heteroatoms. The Morgan fingerprint density at radius 3 is 2.59 bits per heavy atom. The lowest BCUT2D eigenvalue weighted by Gasteiger charge is -2.32. The molecule has 3 heterocycles. The summed E-state index contributed by atoms with van der Waals surface area (Å²) in [5.41, 5.74) is 0.756. The Balaban J connectivity index is 1.85.